The SMILES string of the molecule is CNC(c1cccnc1)C(C)(C)NC. The summed E-state index contributed by atoms with van der Waals surface area (Å²) in [5.41, 5.74) is 1.21. The maximum absolute atomic E-state index is 4.13. The molecule has 0 bridgehead atoms. The summed E-state index contributed by atoms with van der Waals surface area (Å²) < 4.78 is 0. The van der Waals surface area contributed by atoms with Crippen LogP contribution in [0.4, 0.5) is 0 Å². The van der Waals surface area contributed by atoms with Gasteiger partial charge in [0.25, 0.3) is 0 Å². The van der Waals surface area contributed by atoms with E-state index in [9.17, 15) is 0 Å². The number of likely N-dealkylation sites (N-methyl/N-ethyl adjacent to an activating group) is 2. The van der Waals surface area contributed by atoms with Crippen LogP contribution in [0.5, 0.6) is 0 Å². The first-order valence-electron chi connectivity index (χ1n) is 4.88. The van der Waals surface area contributed by atoms with Gasteiger partial charge in [0.2, 0.25) is 0 Å². The van der Waals surface area contributed by atoms with E-state index in [1.165, 1.54) is 5.56 Å². The van der Waals surface area contributed by atoms with Crippen molar-refractivity contribution in [2.45, 2.75) is 25.4 Å². The maximum Gasteiger partial charge on any atom is 0.0512 e. The molecule has 1 heterocycles. The highest BCUT2D eigenvalue weighted by Gasteiger charge is 2.27. The standard InChI is InChI=1S/C11H19N3/c1-11(2,13-4)10(12-3)9-6-5-7-14-8-9/h5-8,10,12-13H,1-4H3. The minimum atomic E-state index is 0.0117. The van der Waals surface area contributed by atoms with Crippen LogP contribution in [0.1, 0.15) is 25.5 Å². The van der Waals surface area contributed by atoms with E-state index in [1.54, 1.807) is 6.20 Å². The number of nitrogens with zero attached hydrogens (tertiary/aromatic N) is 1. The Morgan fingerprint density at radius 2 is 2.07 bits per heavy atom. The second kappa shape index (κ2) is 4.53. The summed E-state index contributed by atoms with van der Waals surface area (Å²) in [5, 5.41) is 6.61. The number of hydrogen-bond donors (Lipinski definition) is 2. The van der Waals surface area contributed by atoms with Crippen LogP contribution in [0, 0.1) is 0 Å². The minimum Gasteiger partial charge on any atom is -0.313 e. The van der Waals surface area contributed by atoms with Crippen molar-refractivity contribution in [1.82, 2.24) is 15.6 Å². The molecule has 0 saturated heterocycles. The molecule has 0 spiro atoms. The second-order valence-electron chi connectivity index (χ2n) is 3.98. The van der Waals surface area contributed by atoms with Crippen molar-refractivity contribution in [2.75, 3.05) is 14.1 Å². The van der Waals surface area contributed by atoms with Crippen LogP contribution in [-0.4, -0.2) is 24.6 Å². The fraction of sp³-hybridized carbons (Fsp3) is 0.545. The van der Waals surface area contributed by atoms with Crippen molar-refractivity contribution in [3.8, 4) is 0 Å². The van der Waals surface area contributed by atoms with Crippen molar-refractivity contribution in [3.63, 3.8) is 0 Å². The van der Waals surface area contributed by atoms with E-state index >= 15 is 0 Å². The van der Waals surface area contributed by atoms with Gasteiger partial charge < -0.3 is 10.6 Å². The van der Waals surface area contributed by atoms with Crippen molar-refractivity contribution in [1.29, 1.82) is 0 Å². The number of hydrogen-bond acceptors (Lipinski definition) is 3. The predicted octanol–water partition coefficient (Wildman–Crippen LogP) is 1.34. The molecule has 78 valence electrons. The lowest BCUT2D eigenvalue weighted by atomic mass is 9.90. The van der Waals surface area contributed by atoms with Gasteiger partial charge in [-0.25, -0.2) is 0 Å². The molecule has 0 fully saturated rings. The van der Waals surface area contributed by atoms with Gasteiger partial charge in [0.1, 0.15) is 0 Å². The largest absolute Gasteiger partial charge is 0.313 e. The van der Waals surface area contributed by atoms with Crippen molar-refractivity contribution in [3.05, 3.63) is 30.1 Å². The molecule has 1 aromatic rings. The highest BCUT2D eigenvalue weighted by molar-refractivity contribution is 5.18. The molecule has 2 N–H and O–H groups in total. The molecule has 0 aliphatic rings. The predicted molar refractivity (Wildman–Crippen MR) is 59.2 cm³/mol. The first-order valence-corrected chi connectivity index (χ1v) is 4.88. The average molecular weight is 193 g/mol. The van der Waals surface area contributed by atoms with E-state index < -0.39 is 0 Å². The van der Waals surface area contributed by atoms with Gasteiger partial charge in [-0.15, -0.1) is 0 Å². The zero-order chi connectivity index (χ0) is 10.6. The fourth-order valence-electron chi connectivity index (χ4n) is 1.64. The quantitative estimate of drug-likeness (QED) is 0.757. The van der Waals surface area contributed by atoms with Crippen LogP contribution >= 0.6 is 0 Å². The summed E-state index contributed by atoms with van der Waals surface area (Å²) in [6.07, 6.45) is 3.70. The number of nitrogens with one attached hydrogen (secondary N) is 2. The lowest BCUT2D eigenvalue weighted by Gasteiger charge is -2.34. The first kappa shape index (κ1) is 11.1. The van der Waals surface area contributed by atoms with Gasteiger partial charge in [-0.3, -0.25) is 4.98 Å². The summed E-state index contributed by atoms with van der Waals surface area (Å²) in [6, 6.07) is 4.32. The van der Waals surface area contributed by atoms with Gasteiger partial charge in [-0.1, -0.05) is 6.07 Å². The Morgan fingerprint density at radius 3 is 2.50 bits per heavy atom. The molecular weight excluding hydrogens is 174 g/mol. The monoisotopic (exact) mass is 193 g/mol. The minimum absolute atomic E-state index is 0.0117. The van der Waals surface area contributed by atoms with Crippen LogP contribution < -0.4 is 10.6 Å². The van der Waals surface area contributed by atoms with Gasteiger partial charge in [-0.2, -0.15) is 0 Å². The Morgan fingerprint density at radius 1 is 1.36 bits per heavy atom. The number of pyridine rings is 1. The maximum atomic E-state index is 4.13. The summed E-state index contributed by atoms with van der Waals surface area (Å²) in [5.74, 6) is 0. The Balaban J connectivity index is 2.93. The molecule has 0 aliphatic carbocycles. The first-order chi connectivity index (χ1) is 6.61. The third kappa shape index (κ3) is 2.30. The topological polar surface area (TPSA) is 37.0 Å². The second-order valence-corrected chi connectivity index (χ2v) is 3.98. The molecule has 3 nitrogen and oxygen atoms in total. The lowest BCUT2D eigenvalue weighted by Crippen LogP contribution is -2.47. The zero-order valence-corrected chi connectivity index (χ0v) is 9.33. The van der Waals surface area contributed by atoms with Gasteiger partial charge in [0, 0.05) is 17.9 Å². The molecular formula is C11H19N3. The molecule has 0 radical (unpaired) electrons. The van der Waals surface area contributed by atoms with E-state index in [4.69, 9.17) is 0 Å². The molecule has 0 aromatic carbocycles. The van der Waals surface area contributed by atoms with Gasteiger partial charge >= 0.3 is 0 Å². The normalized spacial score (nSPS) is 14.0. The van der Waals surface area contributed by atoms with Crippen molar-refractivity contribution in [2.24, 2.45) is 0 Å². The van der Waals surface area contributed by atoms with E-state index in [0.717, 1.165) is 0 Å². The summed E-state index contributed by atoms with van der Waals surface area (Å²) >= 11 is 0. The van der Waals surface area contributed by atoms with Crippen LogP contribution in [-0.2, 0) is 0 Å². The van der Waals surface area contributed by atoms with Gasteiger partial charge in [-0.05, 0) is 39.6 Å². The third-order valence-corrected chi connectivity index (χ3v) is 2.67. The Kier molecular flexibility index (Phi) is 3.61. The molecule has 0 saturated carbocycles. The lowest BCUT2D eigenvalue weighted by molar-refractivity contribution is 0.311. The molecule has 1 aromatic heterocycles. The Labute approximate surface area is 85.9 Å². The Hall–Kier alpha value is -0.930. The van der Waals surface area contributed by atoms with E-state index in [-0.39, 0.29) is 11.6 Å². The highest BCUT2D eigenvalue weighted by atomic mass is 15.0. The van der Waals surface area contributed by atoms with E-state index in [0.29, 0.717) is 0 Å². The van der Waals surface area contributed by atoms with Crippen LogP contribution in [0.3, 0.4) is 0 Å². The molecule has 1 unspecified atom stereocenters. The van der Waals surface area contributed by atoms with Crippen LogP contribution in [0.25, 0.3) is 0 Å². The van der Waals surface area contributed by atoms with Crippen molar-refractivity contribution < 1.29 is 0 Å². The Bertz CT molecular complexity index is 269. The zero-order valence-electron chi connectivity index (χ0n) is 9.33. The molecule has 1 rings (SSSR count). The molecule has 1 atom stereocenters. The van der Waals surface area contributed by atoms with Gasteiger partial charge in [0.15, 0.2) is 0 Å². The fourth-order valence-corrected chi connectivity index (χ4v) is 1.64. The van der Waals surface area contributed by atoms with Gasteiger partial charge in [0.05, 0.1) is 6.04 Å². The highest BCUT2D eigenvalue weighted by Crippen LogP contribution is 2.23. The third-order valence-electron chi connectivity index (χ3n) is 2.67. The average Bonchev–Trinajstić information content (AvgIpc) is 2.20. The summed E-state index contributed by atoms with van der Waals surface area (Å²) in [6.45, 7) is 4.34. The summed E-state index contributed by atoms with van der Waals surface area (Å²) in [4.78, 5) is 4.13. The molecule has 14 heavy (non-hydrogen) atoms. The van der Waals surface area contributed by atoms with Crippen LogP contribution in [0.15, 0.2) is 24.5 Å². The molecule has 0 amide bonds. The molecule has 0 aliphatic heterocycles. The molecule has 3 heteroatoms. The van der Waals surface area contributed by atoms with Crippen molar-refractivity contribution >= 4 is 0 Å². The van der Waals surface area contributed by atoms with E-state index in [1.807, 2.05) is 26.4 Å². The van der Waals surface area contributed by atoms with Crippen LogP contribution in [0.2, 0.25) is 0 Å². The number of rotatable bonds is 4. The van der Waals surface area contributed by atoms with E-state index in [2.05, 4.69) is 35.5 Å². The summed E-state index contributed by atoms with van der Waals surface area (Å²) in [7, 11) is 3.94. The smallest absolute Gasteiger partial charge is 0.0512 e. The number of aromatic nitrogens is 1.